The molecule has 1 N–H and O–H groups in total. The predicted octanol–water partition coefficient (Wildman–Crippen LogP) is 6.41. The third-order valence-electron chi connectivity index (χ3n) is 6.85. The molecule has 5 rings (SSSR count). The average Bonchev–Trinajstić information content (AvgIpc) is 3.32. The van der Waals surface area contributed by atoms with Gasteiger partial charge in [0.1, 0.15) is 17.3 Å². The molecule has 1 saturated heterocycles. The SMILES string of the molecule is CC(C)(F)[C@H](c1cc(F)cc(F)c1)C1CN([C@@H](c2ccc(Cl)cc2)c2cccc(C3=NNCO3)c2)C1. The van der Waals surface area contributed by atoms with E-state index in [0.717, 1.165) is 22.8 Å². The first-order chi connectivity index (χ1) is 17.2. The van der Waals surface area contributed by atoms with Gasteiger partial charge in [-0.3, -0.25) is 10.3 Å². The number of nitrogens with zero attached hydrogens (tertiary/aromatic N) is 2. The molecular weight excluding hydrogens is 487 g/mol. The second kappa shape index (κ2) is 9.79. The van der Waals surface area contributed by atoms with Crippen molar-refractivity contribution in [3.8, 4) is 0 Å². The summed E-state index contributed by atoms with van der Waals surface area (Å²) in [7, 11) is 0. The number of likely N-dealkylation sites (tertiary alicyclic amines) is 1. The number of nitrogens with one attached hydrogen (secondary N) is 1. The summed E-state index contributed by atoms with van der Waals surface area (Å²) in [6.45, 7) is 4.40. The number of hydrogen-bond acceptors (Lipinski definition) is 4. The van der Waals surface area contributed by atoms with Gasteiger partial charge in [0.05, 0.1) is 6.04 Å². The van der Waals surface area contributed by atoms with Crippen LogP contribution in [0.2, 0.25) is 5.02 Å². The number of alkyl halides is 1. The van der Waals surface area contributed by atoms with Crippen molar-refractivity contribution in [1.29, 1.82) is 0 Å². The summed E-state index contributed by atoms with van der Waals surface area (Å²) in [5, 5.41) is 4.83. The molecule has 0 bridgehead atoms. The largest absolute Gasteiger partial charge is 0.454 e. The summed E-state index contributed by atoms with van der Waals surface area (Å²) in [4.78, 5) is 2.25. The highest BCUT2D eigenvalue weighted by Gasteiger charge is 2.45. The Morgan fingerprint density at radius 1 is 0.972 bits per heavy atom. The number of ether oxygens (including phenoxy) is 1. The molecule has 0 saturated carbocycles. The predicted molar refractivity (Wildman–Crippen MR) is 135 cm³/mol. The molecule has 0 aliphatic carbocycles. The zero-order valence-corrected chi connectivity index (χ0v) is 20.8. The van der Waals surface area contributed by atoms with E-state index < -0.39 is 23.2 Å². The van der Waals surface area contributed by atoms with Crippen molar-refractivity contribution in [2.75, 3.05) is 19.8 Å². The van der Waals surface area contributed by atoms with E-state index in [1.54, 1.807) is 0 Å². The van der Waals surface area contributed by atoms with Crippen molar-refractivity contribution in [2.24, 2.45) is 11.0 Å². The standard InChI is InChI=1S/C28H27ClF3N3O/c1-28(2,32)25(20-11-23(30)13-24(31)12-20)21-14-35(15-21)26(17-6-8-22(29)9-7-17)18-4-3-5-19(10-18)27-34-33-16-36-27/h3-13,21,25-26,33H,14-16H2,1-2H3/t25-,26+/m1/s1. The molecule has 1 fully saturated rings. The zero-order chi connectivity index (χ0) is 25.4. The van der Waals surface area contributed by atoms with Crippen LogP contribution in [-0.2, 0) is 4.74 Å². The summed E-state index contributed by atoms with van der Waals surface area (Å²) >= 11 is 6.15. The first-order valence-corrected chi connectivity index (χ1v) is 12.2. The van der Waals surface area contributed by atoms with Gasteiger partial charge in [0, 0.05) is 35.7 Å². The van der Waals surface area contributed by atoms with Gasteiger partial charge >= 0.3 is 0 Å². The smallest absolute Gasteiger partial charge is 0.239 e. The molecule has 188 valence electrons. The quantitative estimate of drug-likeness (QED) is 0.396. The Morgan fingerprint density at radius 3 is 2.28 bits per heavy atom. The van der Waals surface area contributed by atoms with E-state index in [9.17, 15) is 8.78 Å². The van der Waals surface area contributed by atoms with E-state index in [2.05, 4.69) is 15.4 Å². The number of halogens is 4. The zero-order valence-electron chi connectivity index (χ0n) is 20.0. The summed E-state index contributed by atoms with van der Waals surface area (Å²) in [5.41, 5.74) is 4.42. The summed E-state index contributed by atoms with van der Waals surface area (Å²) in [5.74, 6) is -1.63. The molecule has 0 aromatic heterocycles. The van der Waals surface area contributed by atoms with E-state index in [-0.39, 0.29) is 12.0 Å². The summed E-state index contributed by atoms with van der Waals surface area (Å²) in [6.07, 6.45) is 0. The van der Waals surface area contributed by atoms with Gasteiger partial charge in [0.25, 0.3) is 0 Å². The lowest BCUT2D eigenvalue weighted by atomic mass is 9.72. The third-order valence-corrected chi connectivity index (χ3v) is 7.10. The van der Waals surface area contributed by atoms with Crippen molar-refractivity contribution in [3.63, 3.8) is 0 Å². The van der Waals surface area contributed by atoms with E-state index in [0.29, 0.717) is 36.3 Å². The Labute approximate surface area is 213 Å². The molecule has 0 amide bonds. The Balaban J connectivity index is 1.46. The molecule has 4 nitrogen and oxygen atoms in total. The average molecular weight is 514 g/mol. The van der Waals surface area contributed by atoms with Crippen LogP contribution < -0.4 is 5.43 Å². The van der Waals surface area contributed by atoms with Crippen molar-refractivity contribution in [3.05, 3.63) is 106 Å². The molecule has 3 aromatic carbocycles. The number of hydrazone groups is 1. The third kappa shape index (κ3) is 5.08. The van der Waals surface area contributed by atoms with Crippen molar-refractivity contribution < 1.29 is 17.9 Å². The van der Waals surface area contributed by atoms with Crippen molar-refractivity contribution in [2.45, 2.75) is 31.5 Å². The van der Waals surface area contributed by atoms with Gasteiger partial charge in [0.2, 0.25) is 5.90 Å². The van der Waals surface area contributed by atoms with Crippen LogP contribution in [-0.4, -0.2) is 36.3 Å². The normalized spacial score (nSPS) is 18.1. The van der Waals surface area contributed by atoms with Crippen LogP contribution >= 0.6 is 11.6 Å². The van der Waals surface area contributed by atoms with Crippen LogP contribution in [0.15, 0.2) is 71.8 Å². The van der Waals surface area contributed by atoms with Gasteiger partial charge in [-0.1, -0.05) is 35.9 Å². The van der Waals surface area contributed by atoms with E-state index in [1.165, 1.54) is 26.0 Å². The first-order valence-electron chi connectivity index (χ1n) is 11.9. The molecular formula is C28H27ClF3N3O. The maximum atomic E-state index is 15.4. The topological polar surface area (TPSA) is 36.9 Å². The lowest BCUT2D eigenvalue weighted by Gasteiger charge is -2.50. The fourth-order valence-corrected chi connectivity index (χ4v) is 5.57. The van der Waals surface area contributed by atoms with Crippen LogP contribution in [0.1, 0.15) is 48.1 Å². The molecule has 2 aliphatic heterocycles. The molecule has 36 heavy (non-hydrogen) atoms. The Bertz CT molecular complexity index is 1250. The Morgan fingerprint density at radius 2 is 1.67 bits per heavy atom. The molecule has 3 aromatic rings. The highest BCUT2D eigenvalue weighted by Crippen LogP contribution is 2.45. The molecule has 0 spiro atoms. The lowest BCUT2D eigenvalue weighted by molar-refractivity contribution is 0.00804. The van der Waals surface area contributed by atoms with Crippen LogP contribution in [0.4, 0.5) is 13.2 Å². The Hall–Kier alpha value is -3.03. The molecule has 2 aliphatic rings. The number of rotatable bonds is 7. The number of benzene rings is 3. The second-order valence-electron chi connectivity index (χ2n) is 9.90. The molecule has 0 unspecified atom stereocenters. The highest BCUT2D eigenvalue weighted by atomic mass is 35.5. The fraction of sp³-hybridized carbons (Fsp3) is 0.321. The molecule has 2 atom stereocenters. The van der Waals surface area contributed by atoms with Crippen LogP contribution in [0.5, 0.6) is 0 Å². The van der Waals surface area contributed by atoms with Gasteiger partial charge in [-0.05, 0) is 72.9 Å². The molecule has 0 radical (unpaired) electrons. The lowest BCUT2D eigenvalue weighted by Crippen LogP contribution is -2.53. The Kier molecular flexibility index (Phi) is 6.70. The fourth-order valence-electron chi connectivity index (χ4n) is 5.44. The first kappa shape index (κ1) is 24.7. The minimum Gasteiger partial charge on any atom is -0.454 e. The molecule has 8 heteroatoms. The van der Waals surface area contributed by atoms with Gasteiger partial charge in [-0.15, -0.1) is 5.10 Å². The minimum atomic E-state index is -1.66. The van der Waals surface area contributed by atoms with Crippen molar-refractivity contribution in [1.82, 2.24) is 10.3 Å². The maximum Gasteiger partial charge on any atom is 0.239 e. The van der Waals surface area contributed by atoms with E-state index in [4.69, 9.17) is 16.3 Å². The monoisotopic (exact) mass is 513 g/mol. The van der Waals surface area contributed by atoms with Crippen LogP contribution in [0.3, 0.4) is 0 Å². The van der Waals surface area contributed by atoms with E-state index >= 15 is 4.39 Å². The van der Waals surface area contributed by atoms with Gasteiger partial charge in [0.15, 0.2) is 6.73 Å². The van der Waals surface area contributed by atoms with Crippen LogP contribution in [0.25, 0.3) is 0 Å². The van der Waals surface area contributed by atoms with E-state index in [1.807, 2.05) is 48.5 Å². The van der Waals surface area contributed by atoms with Gasteiger partial charge in [-0.25, -0.2) is 13.2 Å². The summed E-state index contributed by atoms with van der Waals surface area (Å²) < 4.78 is 49.0. The molecule has 2 heterocycles. The van der Waals surface area contributed by atoms with Crippen LogP contribution in [0, 0.1) is 17.6 Å². The van der Waals surface area contributed by atoms with Gasteiger partial charge < -0.3 is 4.74 Å². The minimum absolute atomic E-state index is 0.115. The summed E-state index contributed by atoms with van der Waals surface area (Å²) in [6, 6.07) is 18.8. The van der Waals surface area contributed by atoms with Crippen molar-refractivity contribution >= 4 is 17.5 Å². The second-order valence-corrected chi connectivity index (χ2v) is 10.3. The highest BCUT2D eigenvalue weighted by molar-refractivity contribution is 6.30. The van der Waals surface area contributed by atoms with Gasteiger partial charge in [-0.2, -0.15) is 0 Å². The number of hydrogen-bond donors (Lipinski definition) is 1. The maximum absolute atomic E-state index is 15.4.